The minimum atomic E-state index is -0.0599. The predicted molar refractivity (Wildman–Crippen MR) is 236 cm³/mol. The zero-order valence-corrected chi connectivity index (χ0v) is 31.0. The van der Waals surface area contributed by atoms with Gasteiger partial charge in [-0.1, -0.05) is 202 Å². The van der Waals surface area contributed by atoms with Gasteiger partial charge in [0, 0.05) is 5.41 Å². The van der Waals surface area contributed by atoms with Gasteiger partial charge in [0.2, 0.25) is 0 Å². The van der Waals surface area contributed by atoms with Crippen LogP contribution in [-0.2, 0) is 5.41 Å². The molecule has 0 saturated carbocycles. The summed E-state index contributed by atoms with van der Waals surface area (Å²) in [7, 11) is 0. The second kappa shape index (κ2) is 12.1. The third-order valence-corrected chi connectivity index (χ3v) is 12.2. The van der Waals surface area contributed by atoms with Crippen LogP contribution in [0.4, 0.5) is 0 Å². The van der Waals surface area contributed by atoms with Crippen LogP contribution in [0.1, 0.15) is 25.0 Å². The van der Waals surface area contributed by atoms with Crippen molar-refractivity contribution >= 4 is 43.1 Å². The van der Waals surface area contributed by atoms with Crippen molar-refractivity contribution in [2.45, 2.75) is 19.3 Å². The Balaban J connectivity index is 1.16. The van der Waals surface area contributed by atoms with E-state index in [4.69, 9.17) is 0 Å². The topological polar surface area (TPSA) is 0 Å². The Kier molecular flexibility index (Phi) is 7.00. The predicted octanol–water partition coefficient (Wildman–Crippen LogP) is 15.3. The summed E-state index contributed by atoms with van der Waals surface area (Å²) in [6.45, 7) is 4.75. The summed E-state index contributed by atoms with van der Waals surface area (Å²) in [5, 5.41) is 10.2. The van der Waals surface area contributed by atoms with Gasteiger partial charge in [0.25, 0.3) is 0 Å². The number of hydrogen-bond donors (Lipinski definition) is 0. The highest BCUT2D eigenvalue weighted by atomic mass is 14.4. The van der Waals surface area contributed by atoms with Gasteiger partial charge in [-0.15, -0.1) is 0 Å². The highest BCUT2D eigenvalue weighted by Gasteiger charge is 2.36. The summed E-state index contributed by atoms with van der Waals surface area (Å²) in [5.41, 5.74) is 15.5. The Morgan fingerprint density at radius 1 is 0.309 bits per heavy atom. The first-order chi connectivity index (χ1) is 27.1. The van der Waals surface area contributed by atoms with Gasteiger partial charge in [-0.2, -0.15) is 0 Å². The molecular formula is C55H38. The van der Waals surface area contributed by atoms with Crippen LogP contribution in [-0.4, -0.2) is 0 Å². The first kappa shape index (κ1) is 31.7. The van der Waals surface area contributed by atoms with Crippen molar-refractivity contribution in [3.63, 3.8) is 0 Å². The molecule has 10 aromatic rings. The fraction of sp³-hybridized carbons (Fsp3) is 0.0545. The maximum atomic E-state index is 2.41. The van der Waals surface area contributed by atoms with E-state index in [9.17, 15) is 0 Å². The van der Waals surface area contributed by atoms with Crippen molar-refractivity contribution in [1.29, 1.82) is 0 Å². The SMILES string of the molecule is CC1(C)c2ccccc2-c2ccc3cc(-c4ccccc4-c4ccccc4-c4c5ccccc5c(-c5ccccc5)c5ccc6ccccc6c45)ccc3c21. The van der Waals surface area contributed by atoms with Crippen molar-refractivity contribution < 1.29 is 0 Å². The molecule has 258 valence electrons. The molecule has 0 spiro atoms. The molecule has 0 heterocycles. The maximum Gasteiger partial charge on any atom is 0.0165 e. The molecule has 0 saturated heterocycles. The van der Waals surface area contributed by atoms with Crippen LogP contribution >= 0.6 is 0 Å². The van der Waals surface area contributed by atoms with Crippen LogP contribution in [0.3, 0.4) is 0 Å². The Morgan fingerprint density at radius 2 is 0.873 bits per heavy atom. The molecular weight excluding hydrogens is 661 g/mol. The van der Waals surface area contributed by atoms with E-state index in [1.807, 2.05) is 0 Å². The van der Waals surface area contributed by atoms with Gasteiger partial charge in [-0.3, -0.25) is 0 Å². The van der Waals surface area contributed by atoms with E-state index in [0.29, 0.717) is 0 Å². The average molecular weight is 699 g/mol. The molecule has 1 aliphatic carbocycles. The highest BCUT2D eigenvalue weighted by molar-refractivity contribution is 6.28. The highest BCUT2D eigenvalue weighted by Crippen LogP contribution is 2.52. The number of benzene rings is 10. The molecule has 0 aromatic heterocycles. The Bertz CT molecular complexity index is 3160. The summed E-state index contributed by atoms with van der Waals surface area (Å²) >= 11 is 0. The minimum absolute atomic E-state index is 0.0599. The Hall–Kier alpha value is -6.76. The second-order valence-electron chi connectivity index (χ2n) is 15.6. The van der Waals surface area contributed by atoms with Gasteiger partial charge >= 0.3 is 0 Å². The fourth-order valence-electron chi connectivity index (χ4n) is 9.84. The van der Waals surface area contributed by atoms with E-state index in [1.54, 1.807) is 0 Å². The minimum Gasteiger partial charge on any atom is -0.0622 e. The largest absolute Gasteiger partial charge is 0.0622 e. The third-order valence-electron chi connectivity index (χ3n) is 12.2. The van der Waals surface area contributed by atoms with Crippen LogP contribution in [0.5, 0.6) is 0 Å². The fourth-order valence-corrected chi connectivity index (χ4v) is 9.84. The van der Waals surface area contributed by atoms with Gasteiger partial charge in [-0.25, -0.2) is 0 Å². The Morgan fingerprint density at radius 3 is 1.65 bits per heavy atom. The van der Waals surface area contributed by atoms with E-state index >= 15 is 0 Å². The molecule has 11 rings (SSSR count). The van der Waals surface area contributed by atoms with E-state index in [2.05, 4.69) is 208 Å². The summed E-state index contributed by atoms with van der Waals surface area (Å²) in [4.78, 5) is 0. The van der Waals surface area contributed by atoms with Crippen molar-refractivity contribution in [2.24, 2.45) is 0 Å². The molecule has 0 radical (unpaired) electrons. The molecule has 55 heavy (non-hydrogen) atoms. The lowest BCUT2D eigenvalue weighted by Gasteiger charge is -2.23. The summed E-state index contributed by atoms with van der Waals surface area (Å²) in [5.74, 6) is 0. The van der Waals surface area contributed by atoms with Crippen LogP contribution in [0, 0.1) is 0 Å². The van der Waals surface area contributed by atoms with Crippen molar-refractivity contribution in [2.75, 3.05) is 0 Å². The van der Waals surface area contributed by atoms with Crippen molar-refractivity contribution in [3.05, 3.63) is 205 Å². The summed E-state index contributed by atoms with van der Waals surface area (Å²) in [6, 6.07) is 72.1. The quantitative estimate of drug-likeness (QED) is 0.127. The molecule has 1 aliphatic rings. The summed E-state index contributed by atoms with van der Waals surface area (Å²) in [6.07, 6.45) is 0. The monoisotopic (exact) mass is 698 g/mol. The molecule has 0 fully saturated rings. The average Bonchev–Trinajstić information content (AvgIpc) is 3.49. The van der Waals surface area contributed by atoms with Crippen molar-refractivity contribution in [3.8, 4) is 55.6 Å². The first-order valence-corrected chi connectivity index (χ1v) is 19.4. The number of rotatable bonds is 4. The van der Waals surface area contributed by atoms with Crippen molar-refractivity contribution in [1.82, 2.24) is 0 Å². The lowest BCUT2D eigenvalue weighted by molar-refractivity contribution is 0.666. The molecule has 0 nitrogen and oxygen atoms in total. The molecule has 0 N–H and O–H groups in total. The van der Waals surface area contributed by atoms with Gasteiger partial charge in [-0.05, 0) is 116 Å². The molecule has 0 aliphatic heterocycles. The second-order valence-corrected chi connectivity index (χ2v) is 15.6. The normalized spacial score (nSPS) is 13.1. The molecule has 10 aromatic carbocycles. The lowest BCUT2D eigenvalue weighted by Crippen LogP contribution is -2.15. The molecule has 0 atom stereocenters. The van der Waals surface area contributed by atoms with Gasteiger partial charge in [0.15, 0.2) is 0 Å². The zero-order chi connectivity index (χ0) is 36.7. The lowest BCUT2D eigenvalue weighted by atomic mass is 9.79. The zero-order valence-electron chi connectivity index (χ0n) is 31.0. The van der Waals surface area contributed by atoms with E-state index in [1.165, 1.54) is 110 Å². The van der Waals surface area contributed by atoms with E-state index in [0.717, 1.165) is 0 Å². The molecule has 0 heteroatoms. The first-order valence-electron chi connectivity index (χ1n) is 19.4. The van der Waals surface area contributed by atoms with Gasteiger partial charge in [0.1, 0.15) is 0 Å². The number of fused-ring (bicyclic) bond motifs is 9. The van der Waals surface area contributed by atoms with Gasteiger partial charge in [0.05, 0.1) is 0 Å². The van der Waals surface area contributed by atoms with E-state index < -0.39 is 0 Å². The third kappa shape index (κ3) is 4.71. The van der Waals surface area contributed by atoms with Crippen LogP contribution in [0.25, 0.3) is 98.7 Å². The van der Waals surface area contributed by atoms with Crippen LogP contribution < -0.4 is 0 Å². The molecule has 0 amide bonds. The van der Waals surface area contributed by atoms with E-state index in [-0.39, 0.29) is 5.41 Å². The number of hydrogen-bond acceptors (Lipinski definition) is 0. The molecule has 0 unspecified atom stereocenters. The maximum absolute atomic E-state index is 2.41. The standard InChI is InChI=1S/C55H38/c1-55(2)50-27-15-14-23-44(50)48-32-30-38-34-37(29-31-41(38)54(48)55)39-19-8-9-21-42(39)43-22-10-11-24-45(43)53-47-26-13-12-25-46(47)51(36-17-4-3-5-18-36)49-33-28-35-16-6-7-20-40(35)52(49)53/h3-34H,1-2H3. The summed E-state index contributed by atoms with van der Waals surface area (Å²) < 4.78 is 0. The smallest absolute Gasteiger partial charge is 0.0165 e. The van der Waals surface area contributed by atoms with Crippen LogP contribution in [0.2, 0.25) is 0 Å². The van der Waals surface area contributed by atoms with Crippen LogP contribution in [0.15, 0.2) is 194 Å². The Labute approximate surface area is 322 Å². The molecule has 0 bridgehead atoms. The van der Waals surface area contributed by atoms with Gasteiger partial charge < -0.3 is 0 Å².